The van der Waals surface area contributed by atoms with E-state index in [4.69, 9.17) is 26.6 Å². The molecule has 0 saturated heterocycles. The van der Waals surface area contributed by atoms with Crippen LogP contribution in [0.4, 0.5) is 59.7 Å². The smallest absolute Gasteiger partial charge is 0.338 e. The molecule has 0 bridgehead atoms. The van der Waals surface area contributed by atoms with Crippen LogP contribution < -0.4 is 32.7 Å². The van der Waals surface area contributed by atoms with Crippen LogP contribution in [0.1, 0.15) is 112 Å². The summed E-state index contributed by atoms with van der Waals surface area (Å²) in [5.74, 6) is -10.00. The van der Waals surface area contributed by atoms with Crippen molar-refractivity contribution in [1.82, 2.24) is 75.9 Å². The zero-order valence-electron chi connectivity index (χ0n) is 76.6. The molecule has 0 aliphatic rings. The number of ether oxygens (including phenoxy) is 1. The highest BCUT2D eigenvalue weighted by Gasteiger charge is 2.27. The lowest BCUT2D eigenvalue weighted by atomic mass is 10.1. The number of amides is 5. The number of nitrogens with one attached hydrogen (secondary N) is 7. The SMILES string of the molecule is COCCNC(=O)[C@H](C)NC(=O)c1ccc2[nH]nc(/C=C/c3cccc(F)c3)c2c1F.C[C@H](NC(=O)c1ccc2[nH]nc(/C=C/c3cccc(F)c3)c2c1F)C(N)=O.Cn1nc(/C=C/c2cccc(F)c2)c2c(F)c(C(=O)O)ccc21.Cn1nc(/C=C/c2cccc(F)c2)c2c(F)c(N)ccc21.Cn1nc(/C=C/c2cccc(F)c2)c2c(F)c(NC(=O)Cc3cccs3)ccc21.N#Cc1ccc2n[nH]c(I)c2c1F. The average molecular weight is 2090 g/mol. The molecule has 40 heteroatoms. The number of benzene rings is 11. The van der Waals surface area contributed by atoms with E-state index in [1.165, 1.54) is 170 Å². The first-order valence-corrected chi connectivity index (χ1v) is 45.2. The topological polar surface area (TPSA) is 395 Å². The van der Waals surface area contributed by atoms with E-state index < -0.39 is 88.0 Å². The van der Waals surface area contributed by atoms with Gasteiger partial charge < -0.3 is 42.6 Å². The van der Waals surface area contributed by atoms with Crippen molar-refractivity contribution in [3.8, 4) is 6.07 Å². The zero-order valence-corrected chi connectivity index (χ0v) is 79.6. The fourth-order valence-electron chi connectivity index (χ4n) is 14.4. The highest BCUT2D eigenvalue weighted by atomic mass is 127. The molecule has 7 heterocycles. The molecule has 18 aromatic rings. The Morgan fingerprint density at radius 3 is 1.30 bits per heavy atom. The summed E-state index contributed by atoms with van der Waals surface area (Å²) in [6.07, 6.45) is 16.2. The zero-order chi connectivity index (χ0) is 103. The van der Waals surface area contributed by atoms with Gasteiger partial charge in [-0.3, -0.25) is 53.3 Å². The minimum Gasteiger partial charge on any atom is -0.478 e. The number of hydrogen-bond acceptors (Lipinski definition) is 16. The van der Waals surface area contributed by atoms with Gasteiger partial charge in [0.2, 0.25) is 17.7 Å². The van der Waals surface area contributed by atoms with E-state index in [1.54, 1.807) is 158 Å². The summed E-state index contributed by atoms with van der Waals surface area (Å²) in [4.78, 5) is 72.1. The molecule has 12 N–H and O–H groups in total. The molecule has 0 spiro atoms. The number of primary amides is 1. The van der Waals surface area contributed by atoms with E-state index in [2.05, 4.69) is 67.2 Å². The molecule has 732 valence electrons. The van der Waals surface area contributed by atoms with Crippen LogP contribution in [0.15, 0.2) is 212 Å². The maximum absolute atomic E-state index is 15.2. The number of carboxylic acids is 1. The summed E-state index contributed by atoms with van der Waals surface area (Å²) in [5.41, 5.74) is 17.9. The van der Waals surface area contributed by atoms with Gasteiger partial charge in [0, 0.05) is 39.7 Å². The number of nitrogens with two attached hydrogens (primary N) is 2. The van der Waals surface area contributed by atoms with Crippen LogP contribution >= 0.6 is 33.9 Å². The molecule has 0 radical (unpaired) electrons. The molecule has 5 amide bonds. The lowest BCUT2D eigenvalue weighted by Gasteiger charge is -2.14. The summed E-state index contributed by atoms with van der Waals surface area (Å²) >= 11 is 3.42. The van der Waals surface area contributed by atoms with Crippen molar-refractivity contribution in [2.24, 2.45) is 26.9 Å². The molecule has 7 aromatic heterocycles. The van der Waals surface area contributed by atoms with Crippen LogP contribution in [-0.4, -0.2) is 133 Å². The second-order valence-corrected chi connectivity index (χ2v) is 33.7. The Balaban J connectivity index is 0.000000147. The van der Waals surface area contributed by atoms with Crippen LogP contribution in [0.3, 0.4) is 0 Å². The minimum absolute atomic E-state index is 0.0480. The van der Waals surface area contributed by atoms with Gasteiger partial charge in [0.05, 0.1) is 141 Å². The number of carbonyl (C=O) groups is 6. The highest BCUT2D eigenvalue weighted by Crippen LogP contribution is 2.34. The van der Waals surface area contributed by atoms with Gasteiger partial charge in [-0.05, 0) is 240 Å². The minimum atomic E-state index is -1.34. The standard InChI is InChI=1S/C22H22F2N4O3.C22H17F2N3OS.C19H16F2N4O2.C17H12F2N2O2.C16H13F2N3.C8H3FIN3/c1-13(21(29)25-10-11-31-2)26-22(30)16-7-9-18-19(20(16)24)17(27-28-18)8-6-14-4-3-5-15(23)12-14;1-27-19-10-9-18(25-20(28)13-16-6-3-11-29-16)22(24)21(19)17(26-27)8-7-14-4-2-5-15(23)12-14;1-10(18(22)26)23-19(27)13-6-8-15-16(17(13)21)14(24-25-15)7-5-11-3-2-4-12(20)9-11;1-21-14-8-6-12(17(22)23)16(19)15(14)13(20-21)7-5-10-3-2-4-11(18)9-10;1-21-14-8-6-12(19)16(18)15(14)13(20-21)7-5-10-3-2-4-11(17)9-10;9-7-4(3-11)1-2-5-6(7)8(10)13-12-5/h3-9,12-13H,10-11H2,1-2H3,(H,25,29)(H,26,30)(H,27,28);2-12H,13H2,1H3,(H,25,28);2-10H,1H3,(H2,22,26)(H,23,27)(H,24,25);2-9H,1H3,(H,22,23);2-9H,19H2,1H3;1-2H,(H,12,13)/b8-6+;8-7+;3*7-5+;/t13-;;10-;;;/m0.0.../s1. The first-order valence-electron chi connectivity index (χ1n) is 43.2. The Labute approximate surface area is 829 Å². The van der Waals surface area contributed by atoms with Crippen molar-refractivity contribution in [3.05, 3.63) is 363 Å². The van der Waals surface area contributed by atoms with E-state index in [0.717, 1.165) is 4.88 Å². The maximum Gasteiger partial charge on any atom is 0.338 e. The van der Waals surface area contributed by atoms with Crippen molar-refractivity contribution in [2.75, 3.05) is 31.3 Å². The van der Waals surface area contributed by atoms with Crippen molar-refractivity contribution in [2.45, 2.75) is 32.4 Å². The van der Waals surface area contributed by atoms with Gasteiger partial charge in [-0.1, -0.05) is 97.1 Å². The molecule has 2 atom stereocenters. The summed E-state index contributed by atoms with van der Waals surface area (Å²) in [5, 5.41) is 63.8. The third-order valence-electron chi connectivity index (χ3n) is 21.5. The Bertz CT molecular complexity index is 8100. The van der Waals surface area contributed by atoms with Gasteiger partial charge >= 0.3 is 5.97 Å². The van der Waals surface area contributed by atoms with Gasteiger partial charge in [0.15, 0.2) is 17.5 Å². The molecule has 144 heavy (non-hydrogen) atoms. The number of hydrogen-bond donors (Lipinski definition) is 10. The number of nitriles is 1. The van der Waals surface area contributed by atoms with Crippen molar-refractivity contribution in [3.63, 3.8) is 0 Å². The second-order valence-electron chi connectivity index (χ2n) is 31.5. The molecule has 18 rings (SSSR count). The number of methoxy groups -OCH3 is 1. The third kappa shape index (κ3) is 25.6. The van der Waals surface area contributed by atoms with Gasteiger partial charge in [-0.15, -0.1) is 11.3 Å². The number of thiophene rings is 1. The van der Waals surface area contributed by atoms with Gasteiger partial charge in [0.25, 0.3) is 11.8 Å². The predicted octanol–water partition coefficient (Wildman–Crippen LogP) is 20.3. The number of aromatic amines is 3. The fraction of sp³-hybridized carbons (Fsp3) is 0.106. The number of aromatic nitrogens is 12. The number of rotatable bonds is 23. The Kier molecular flexibility index (Phi) is 34.4. The number of aromatic carboxylic acids is 1. The monoisotopic (exact) mass is 2090 g/mol. The van der Waals surface area contributed by atoms with E-state index >= 15 is 8.78 Å². The first kappa shape index (κ1) is 104. The summed E-state index contributed by atoms with van der Waals surface area (Å²) < 4.78 is 164. The Morgan fingerprint density at radius 2 is 0.882 bits per heavy atom. The van der Waals surface area contributed by atoms with Gasteiger partial charge in [-0.25, -0.2) is 53.1 Å². The highest BCUT2D eigenvalue weighted by molar-refractivity contribution is 14.1. The third-order valence-corrected chi connectivity index (χ3v) is 23.2. The fourth-order valence-corrected chi connectivity index (χ4v) is 15.7. The van der Waals surface area contributed by atoms with Crippen LogP contribution in [-0.2, 0) is 46.7 Å². The van der Waals surface area contributed by atoms with Crippen LogP contribution in [0.2, 0.25) is 0 Å². The first-order chi connectivity index (χ1) is 69.0. The number of fused-ring (bicyclic) bond motifs is 6. The predicted molar refractivity (Wildman–Crippen MR) is 540 cm³/mol. The summed E-state index contributed by atoms with van der Waals surface area (Å²) in [6, 6.07) is 51.6. The molecule has 0 saturated carbocycles. The number of H-pyrrole nitrogens is 3. The largest absolute Gasteiger partial charge is 0.478 e. The molecule has 27 nitrogen and oxygen atoms in total. The van der Waals surface area contributed by atoms with Gasteiger partial charge in [-0.2, -0.15) is 35.9 Å². The molecule has 11 aromatic carbocycles. The lowest BCUT2D eigenvalue weighted by molar-refractivity contribution is -0.123. The van der Waals surface area contributed by atoms with E-state index in [1.807, 2.05) is 40.1 Å². The molecule has 0 aliphatic carbocycles. The Morgan fingerprint density at radius 1 is 0.472 bits per heavy atom. The second kappa shape index (κ2) is 47.6. The Hall–Kier alpha value is -17.3. The number of anilines is 2. The van der Waals surface area contributed by atoms with Crippen molar-refractivity contribution >= 4 is 207 Å². The normalized spacial score (nSPS) is 11.7. The number of carbonyl (C=O) groups excluding carboxylic acids is 5. The van der Waals surface area contributed by atoms with Crippen molar-refractivity contribution in [1.29, 1.82) is 5.26 Å². The number of halogens is 12. The van der Waals surface area contributed by atoms with E-state index in [-0.39, 0.29) is 96.9 Å². The molecular weight excluding hydrogens is 2010 g/mol. The number of carboxylic acid groups (broad SMARTS) is 1. The number of nitrogens with zero attached hydrogens (tertiary/aromatic N) is 10. The lowest BCUT2D eigenvalue weighted by Crippen LogP contribution is -2.45. The average Bonchev–Trinajstić information content (AvgIpc) is 1.58. The summed E-state index contributed by atoms with van der Waals surface area (Å²) in [6.45, 7) is 3.54. The number of nitrogen functional groups attached to an aromatic ring is 1. The summed E-state index contributed by atoms with van der Waals surface area (Å²) in [7, 11) is 6.60. The molecule has 0 unspecified atom stereocenters. The van der Waals surface area contributed by atoms with Crippen molar-refractivity contribution < 1.29 is 86.9 Å². The van der Waals surface area contributed by atoms with Crippen LogP contribution in [0.5, 0.6) is 0 Å². The van der Waals surface area contributed by atoms with E-state index in [9.17, 15) is 68.3 Å². The number of aryl methyl sites for hydroxylation is 3. The maximum atomic E-state index is 15.2. The van der Waals surface area contributed by atoms with E-state index in [0.29, 0.717) is 105 Å². The van der Waals surface area contributed by atoms with Crippen LogP contribution in [0, 0.1) is 79.0 Å². The molecule has 0 fully saturated rings. The molecule has 0 aliphatic heterocycles. The quantitative estimate of drug-likeness (QED) is 0.0123. The van der Waals surface area contributed by atoms with Crippen LogP contribution in [0.25, 0.3) is 126 Å². The molecular formula is C104H83F11IN19O8S. The van der Waals surface area contributed by atoms with Gasteiger partial charge in [0.1, 0.15) is 68.4 Å².